The van der Waals surface area contributed by atoms with Crippen molar-refractivity contribution in [3.8, 4) is 5.75 Å². The summed E-state index contributed by atoms with van der Waals surface area (Å²) in [6.45, 7) is 1.49. The molecule has 0 saturated carbocycles. The molecule has 96 valence electrons. The maximum Gasteiger partial charge on any atom is 0.124 e. The molecule has 1 aromatic rings. The third kappa shape index (κ3) is 5.06. The van der Waals surface area contributed by atoms with Gasteiger partial charge in [-0.25, -0.2) is 0 Å². The Morgan fingerprint density at radius 3 is 2.88 bits per heavy atom. The van der Waals surface area contributed by atoms with Gasteiger partial charge in [0.15, 0.2) is 0 Å². The first-order valence-electron chi connectivity index (χ1n) is 5.47. The van der Waals surface area contributed by atoms with Crippen LogP contribution in [0.1, 0.15) is 12.0 Å². The van der Waals surface area contributed by atoms with Crippen LogP contribution in [0.2, 0.25) is 5.02 Å². The van der Waals surface area contributed by atoms with E-state index in [4.69, 9.17) is 16.3 Å². The highest BCUT2D eigenvalue weighted by Gasteiger charge is 2.06. The van der Waals surface area contributed by atoms with Gasteiger partial charge in [-0.15, -0.1) is 0 Å². The zero-order chi connectivity index (χ0) is 12.7. The summed E-state index contributed by atoms with van der Waals surface area (Å²) in [6.07, 6.45) is 2.62. The fraction of sp³-hybridized carbons (Fsp3) is 0.500. The van der Waals surface area contributed by atoms with E-state index in [1.165, 1.54) is 0 Å². The first-order valence-corrected chi connectivity index (χ1v) is 7.57. The fourth-order valence-corrected chi connectivity index (χ4v) is 2.30. The Morgan fingerprint density at radius 1 is 1.47 bits per heavy atom. The van der Waals surface area contributed by atoms with E-state index in [1.54, 1.807) is 13.4 Å². The predicted octanol–water partition coefficient (Wildman–Crippen LogP) is 2.21. The number of hydrogen-bond acceptors (Lipinski definition) is 3. The Hall–Kier alpha value is -0.580. The van der Waals surface area contributed by atoms with Crippen molar-refractivity contribution in [2.45, 2.75) is 13.0 Å². The number of nitrogens with one attached hydrogen (secondary N) is 1. The van der Waals surface area contributed by atoms with Gasteiger partial charge in [-0.3, -0.25) is 4.21 Å². The molecule has 0 spiro atoms. The van der Waals surface area contributed by atoms with Crippen LogP contribution in [0.25, 0.3) is 0 Å². The van der Waals surface area contributed by atoms with Crippen LogP contribution in [-0.4, -0.2) is 29.9 Å². The number of benzene rings is 1. The van der Waals surface area contributed by atoms with Crippen LogP contribution in [0.5, 0.6) is 5.75 Å². The molecule has 1 unspecified atom stereocenters. The molecule has 1 N–H and O–H groups in total. The number of halogens is 1. The third-order valence-corrected chi connectivity index (χ3v) is 3.60. The second kappa shape index (κ2) is 7.69. The van der Waals surface area contributed by atoms with Crippen LogP contribution in [0, 0.1) is 0 Å². The van der Waals surface area contributed by atoms with Gasteiger partial charge in [0.25, 0.3) is 0 Å². The first kappa shape index (κ1) is 14.5. The second-order valence-electron chi connectivity index (χ2n) is 3.73. The van der Waals surface area contributed by atoms with Crippen LogP contribution in [0.15, 0.2) is 18.2 Å². The van der Waals surface area contributed by atoms with Gasteiger partial charge in [0.05, 0.1) is 7.11 Å². The lowest BCUT2D eigenvalue weighted by Gasteiger charge is -2.11. The van der Waals surface area contributed by atoms with Crippen molar-refractivity contribution in [3.63, 3.8) is 0 Å². The summed E-state index contributed by atoms with van der Waals surface area (Å²) in [6, 6.07) is 5.61. The molecular weight excluding hydrogens is 258 g/mol. The van der Waals surface area contributed by atoms with Gasteiger partial charge in [-0.1, -0.05) is 17.7 Å². The smallest absolute Gasteiger partial charge is 0.124 e. The van der Waals surface area contributed by atoms with Crippen molar-refractivity contribution in [2.24, 2.45) is 0 Å². The van der Waals surface area contributed by atoms with Gasteiger partial charge >= 0.3 is 0 Å². The van der Waals surface area contributed by atoms with E-state index in [0.29, 0.717) is 11.6 Å². The van der Waals surface area contributed by atoms with Crippen LogP contribution in [0.3, 0.4) is 0 Å². The lowest BCUT2D eigenvalue weighted by atomic mass is 10.2. The van der Waals surface area contributed by atoms with E-state index in [1.807, 2.05) is 18.2 Å². The van der Waals surface area contributed by atoms with Gasteiger partial charge < -0.3 is 10.1 Å². The van der Waals surface area contributed by atoms with E-state index < -0.39 is 10.8 Å². The average Bonchev–Trinajstić information content (AvgIpc) is 2.30. The molecule has 0 fully saturated rings. The molecule has 17 heavy (non-hydrogen) atoms. The zero-order valence-electron chi connectivity index (χ0n) is 10.2. The molecule has 0 aliphatic rings. The van der Waals surface area contributed by atoms with Crippen molar-refractivity contribution in [1.82, 2.24) is 5.32 Å². The number of rotatable bonds is 7. The highest BCUT2D eigenvalue weighted by Crippen LogP contribution is 2.25. The van der Waals surface area contributed by atoms with Crippen molar-refractivity contribution in [1.29, 1.82) is 0 Å². The van der Waals surface area contributed by atoms with Gasteiger partial charge in [0.2, 0.25) is 0 Å². The molecule has 0 saturated heterocycles. The molecule has 1 atom stereocenters. The van der Waals surface area contributed by atoms with Crippen molar-refractivity contribution in [2.75, 3.05) is 25.7 Å². The molecule has 1 rings (SSSR count). The molecule has 0 aliphatic carbocycles. The van der Waals surface area contributed by atoms with E-state index in [0.717, 1.165) is 30.0 Å². The summed E-state index contributed by atoms with van der Waals surface area (Å²) in [5, 5.41) is 3.98. The Morgan fingerprint density at radius 2 is 2.24 bits per heavy atom. The Balaban J connectivity index is 2.43. The summed E-state index contributed by atoms with van der Waals surface area (Å²) in [7, 11) is 0.920. The van der Waals surface area contributed by atoms with Crippen LogP contribution < -0.4 is 10.1 Å². The highest BCUT2D eigenvalue weighted by molar-refractivity contribution is 7.84. The molecule has 1 aromatic carbocycles. The Kier molecular flexibility index (Phi) is 6.55. The maximum absolute atomic E-state index is 10.9. The first-order chi connectivity index (χ1) is 8.15. The van der Waals surface area contributed by atoms with Gasteiger partial charge in [-0.05, 0) is 25.1 Å². The van der Waals surface area contributed by atoms with Crippen LogP contribution in [-0.2, 0) is 17.3 Å². The zero-order valence-corrected chi connectivity index (χ0v) is 11.7. The summed E-state index contributed by atoms with van der Waals surface area (Å²) < 4.78 is 16.1. The second-order valence-corrected chi connectivity index (χ2v) is 5.69. The average molecular weight is 276 g/mol. The Labute approximate surface area is 110 Å². The third-order valence-electron chi connectivity index (χ3n) is 2.38. The standard InChI is InChI=1S/C12H18ClNO2S/c1-16-12-6-3-5-11(13)10(12)9-14-7-4-8-17(2)15/h3,5-6,14H,4,7-9H2,1-2H3. The van der Waals surface area contributed by atoms with Gasteiger partial charge in [-0.2, -0.15) is 0 Å². The monoisotopic (exact) mass is 275 g/mol. The Bertz CT molecular complexity index is 385. The van der Waals surface area contributed by atoms with Gasteiger partial charge in [0, 0.05) is 39.9 Å². The maximum atomic E-state index is 10.9. The largest absolute Gasteiger partial charge is 0.496 e. The molecule has 0 amide bonds. The van der Waals surface area contributed by atoms with E-state index in [-0.39, 0.29) is 0 Å². The predicted molar refractivity (Wildman–Crippen MR) is 73.3 cm³/mol. The fourth-order valence-electron chi connectivity index (χ4n) is 1.52. The highest BCUT2D eigenvalue weighted by atomic mass is 35.5. The quantitative estimate of drug-likeness (QED) is 0.776. The molecule has 0 radical (unpaired) electrons. The molecule has 0 aromatic heterocycles. The summed E-state index contributed by atoms with van der Waals surface area (Å²) in [5.41, 5.74) is 0.967. The molecular formula is C12H18ClNO2S. The normalized spacial score (nSPS) is 12.4. The topological polar surface area (TPSA) is 38.3 Å². The van der Waals surface area contributed by atoms with Crippen LogP contribution >= 0.6 is 11.6 Å². The summed E-state index contributed by atoms with van der Waals surface area (Å²) in [4.78, 5) is 0. The molecule has 0 bridgehead atoms. The minimum absolute atomic E-state index is 0.666. The molecule has 0 heterocycles. The van der Waals surface area contributed by atoms with E-state index in [2.05, 4.69) is 5.32 Å². The minimum Gasteiger partial charge on any atom is -0.496 e. The van der Waals surface area contributed by atoms with Crippen molar-refractivity contribution < 1.29 is 8.95 Å². The van der Waals surface area contributed by atoms with E-state index in [9.17, 15) is 4.21 Å². The lowest BCUT2D eigenvalue weighted by Crippen LogP contribution is -2.17. The SMILES string of the molecule is COc1cccc(Cl)c1CNCCCS(C)=O. The van der Waals surface area contributed by atoms with Crippen molar-refractivity contribution >= 4 is 22.4 Å². The van der Waals surface area contributed by atoms with E-state index >= 15 is 0 Å². The van der Waals surface area contributed by atoms with Gasteiger partial charge in [0.1, 0.15) is 5.75 Å². The minimum atomic E-state index is -0.715. The molecule has 0 aliphatic heterocycles. The number of hydrogen-bond donors (Lipinski definition) is 1. The lowest BCUT2D eigenvalue weighted by molar-refractivity contribution is 0.408. The molecule has 3 nitrogen and oxygen atoms in total. The number of ether oxygens (including phenoxy) is 1. The summed E-state index contributed by atoms with van der Waals surface area (Å²) >= 11 is 6.10. The summed E-state index contributed by atoms with van der Waals surface area (Å²) in [5.74, 6) is 1.52. The van der Waals surface area contributed by atoms with Crippen LogP contribution in [0.4, 0.5) is 0 Å². The number of methoxy groups -OCH3 is 1. The van der Waals surface area contributed by atoms with Crippen molar-refractivity contribution in [3.05, 3.63) is 28.8 Å². The molecule has 5 heteroatoms.